The Balaban J connectivity index is 2.03. The van der Waals surface area contributed by atoms with Crippen LogP contribution in [0.5, 0.6) is 0 Å². The van der Waals surface area contributed by atoms with Crippen molar-refractivity contribution in [1.29, 1.82) is 0 Å². The largest absolute Gasteiger partial charge is 0.330 e. The summed E-state index contributed by atoms with van der Waals surface area (Å²) in [6.45, 7) is 4.23. The molecule has 2 saturated heterocycles. The molecule has 2 aliphatic heterocycles. The van der Waals surface area contributed by atoms with Crippen LogP contribution in [-0.2, 0) is 9.59 Å². The average Bonchev–Trinajstić information content (AvgIpc) is 2.76. The Morgan fingerprint density at radius 2 is 2.05 bits per heavy atom. The molecular formula is C13H21N3O3. The third-order valence-corrected chi connectivity index (χ3v) is 3.86. The molecule has 0 saturated carbocycles. The number of carbonyl (C=O) groups is 3. The highest BCUT2D eigenvalue weighted by Gasteiger charge is 2.40. The van der Waals surface area contributed by atoms with E-state index >= 15 is 0 Å². The molecule has 0 aromatic carbocycles. The quantitative estimate of drug-likeness (QED) is 0.750. The number of carbonyl (C=O) groups excluding carboxylic acids is 3. The Bertz CT molecular complexity index is 397. The van der Waals surface area contributed by atoms with Gasteiger partial charge in [0, 0.05) is 13.1 Å². The van der Waals surface area contributed by atoms with Gasteiger partial charge in [-0.25, -0.2) is 4.79 Å². The van der Waals surface area contributed by atoms with Crippen molar-refractivity contribution in [2.45, 2.75) is 26.2 Å². The van der Waals surface area contributed by atoms with Crippen LogP contribution in [0.4, 0.5) is 4.79 Å². The van der Waals surface area contributed by atoms with Crippen molar-refractivity contribution >= 4 is 17.8 Å². The highest BCUT2D eigenvalue weighted by molar-refractivity contribution is 6.16. The maximum Gasteiger partial charge on any atom is 0.330 e. The molecule has 0 bridgehead atoms. The van der Waals surface area contributed by atoms with Crippen LogP contribution in [0.1, 0.15) is 26.2 Å². The lowest BCUT2D eigenvalue weighted by Crippen LogP contribution is -2.58. The Kier molecular flexibility index (Phi) is 4.19. The molecule has 6 nitrogen and oxygen atoms in total. The van der Waals surface area contributed by atoms with Crippen LogP contribution < -0.4 is 5.32 Å². The molecule has 0 radical (unpaired) electrons. The van der Waals surface area contributed by atoms with Crippen LogP contribution in [0.3, 0.4) is 0 Å². The molecule has 0 aromatic heterocycles. The van der Waals surface area contributed by atoms with Gasteiger partial charge in [0.05, 0.1) is 0 Å². The third kappa shape index (κ3) is 2.94. The summed E-state index contributed by atoms with van der Waals surface area (Å²) >= 11 is 0. The molecule has 2 heterocycles. The summed E-state index contributed by atoms with van der Waals surface area (Å²) < 4.78 is 0. The van der Waals surface area contributed by atoms with Gasteiger partial charge in [0.15, 0.2) is 0 Å². The van der Waals surface area contributed by atoms with Crippen molar-refractivity contribution in [1.82, 2.24) is 15.1 Å². The second kappa shape index (κ2) is 5.69. The van der Waals surface area contributed by atoms with Gasteiger partial charge >= 0.3 is 6.03 Å². The Labute approximate surface area is 113 Å². The highest BCUT2D eigenvalue weighted by atomic mass is 16.2. The lowest BCUT2D eigenvalue weighted by Gasteiger charge is -2.31. The van der Waals surface area contributed by atoms with E-state index in [1.54, 1.807) is 0 Å². The van der Waals surface area contributed by atoms with Gasteiger partial charge in [-0.1, -0.05) is 13.3 Å². The van der Waals surface area contributed by atoms with E-state index in [9.17, 15) is 14.4 Å². The number of hydrogen-bond donors (Lipinski definition) is 1. The van der Waals surface area contributed by atoms with E-state index in [4.69, 9.17) is 0 Å². The van der Waals surface area contributed by atoms with Crippen molar-refractivity contribution in [2.24, 2.45) is 11.8 Å². The van der Waals surface area contributed by atoms with E-state index in [0.29, 0.717) is 18.9 Å². The van der Waals surface area contributed by atoms with Crippen molar-refractivity contribution in [3.05, 3.63) is 0 Å². The zero-order chi connectivity index (χ0) is 14.0. The molecule has 19 heavy (non-hydrogen) atoms. The molecule has 2 atom stereocenters. The monoisotopic (exact) mass is 267 g/mol. The van der Waals surface area contributed by atoms with E-state index < -0.39 is 17.9 Å². The van der Waals surface area contributed by atoms with Gasteiger partial charge in [-0.05, 0) is 32.4 Å². The summed E-state index contributed by atoms with van der Waals surface area (Å²) in [7, 11) is 2.03. The standard InChI is InChI=1S/C13H21N3O3/c1-3-4-10-11(17)14-13(19)16(12(10)18)8-9-5-6-15(2)7-9/h9-10H,3-8H2,1-2H3,(H,14,17,19). The third-order valence-electron chi connectivity index (χ3n) is 3.86. The number of nitrogens with zero attached hydrogens (tertiary/aromatic N) is 2. The predicted octanol–water partition coefficient (Wildman–Crippen LogP) is 0.433. The van der Waals surface area contributed by atoms with Gasteiger partial charge in [0.1, 0.15) is 5.92 Å². The first-order chi connectivity index (χ1) is 9.02. The number of nitrogens with one attached hydrogen (secondary N) is 1. The van der Waals surface area contributed by atoms with Crippen molar-refractivity contribution in [2.75, 3.05) is 26.7 Å². The number of likely N-dealkylation sites (tertiary alicyclic amines) is 1. The first-order valence-electron chi connectivity index (χ1n) is 6.87. The predicted molar refractivity (Wildman–Crippen MR) is 69.3 cm³/mol. The lowest BCUT2D eigenvalue weighted by molar-refractivity contribution is -0.143. The van der Waals surface area contributed by atoms with E-state index in [1.807, 2.05) is 14.0 Å². The summed E-state index contributed by atoms with van der Waals surface area (Å²) in [4.78, 5) is 39.1. The van der Waals surface area contributed by atoms with E-state index in [-0.39, 0.29) is 5.91 Å². The van der Waals surface area contributed by atoms with Gasteiger partial charge < -0.3 is 4.90 Å². The lowest BCUT2D eigenvalue weighted by atomic mass is 9.98. The minimum absolute atomic E-state index is 0.315. The Morgan fingerprint density at radius 1 is 1.32 bits per heavy atom. The average molecular weight is 267 g/mol. The summed E-state index contributed by atoms with van der Waals surface area (Å²) in [6.07, 6.45) is 2.23. The van der Waals surface area contributed by atoms with Crippen LogP contribution in [0.2, 0.25) is 0 Å². The number of hydrogen-bond acceptors (Lipinski definition) is 4. The number of imide groups is 2. The molecule has 106 valence electrons. The van der Waals surface area contributed by atoms with Crippen LogP contribution in [0.25, 0.3) is 0 Å². The second-order valence-corrected chi connectivity index (χ2v) is 5.50. The Morgan fingerprint density at radius 3 is 2.63 bits per heavy atom. The summed E-state index contributed by atoms with van der Waals surface area (Å²) in [6, 6.07) is -0.558. The number of rotatable bonds is 4. The molecule has 0 spiro atoms. The van der Waals surface area contributed by atoms with Crippen LogP contribution in [-0.4, -0.2) is 54.3 Å². The first kappa shape index (κ1) is 14.0. The number of amides is 4. The highest BCUT2D eigenvalue weighted by Crippen LogP contribution is 2.21. The molecule has 0 aliphatic carbocycles. The molecule has 2 fully saturated rings. The van der Waals surface area contributed by atoms with Crippen LogP contribution in [0.15, 0.2) is 0 Å². The van der Waals surface area contributed by atoms with Gasteiger partial charge in [-0.3, -0.25) is 19.8 Å². The molecule has 4 amide bonds. The van der Waals surface area contributed by atoms with E-state index in [0.717, 1.165) is 25.9 Å². The van der Waals surface area contributed by atoms with E-state index in [1.165, 1.54) is 4.90 Å². The van der Waals surface area contributed by atoms with Crippen molar-refractivity contribution < 1.29 is 14.4 Å². The molecular weight excluding hydrogens is 246 g/mol. The van der Waals surface area contributed by atoms with E-state index in [2.05, 4.69) is 10.2 Å². The maximum absolute atomic E-state index is 12.2. The van der Waals surface area contributed by atoms with Crippen molar-refractivity contribution in [3.63, 3.8) is 0 Å². The van der Waals surface area contributed by atoms with Gasteiger partial charge in [-0.15, -0.1) is 0 Å². The molecule has 6 heteroatoms. The van der Waals surface area contributed by atoms with Crippen molar-refractivity contribution in [3.8, 4) is 0 Å². The molecule has 2 unspecified atom stereocenters. The number of barbiturate groups is 1. The van der Waals surface area contributed by atoms with Gasteiger partial charge in [-0.2, -0.15) is 0 Å². The minimum Gasteiger partial charge on any atom is -0.306 e. The smallest absolute Gasteiger partial charge is 0.306 e. The summed E-state index contributed by atoms with van der Waals surface area (Å²) in [5.74, 6) is -1.15. The number of urea groups is 1. The normalized spacial score (nSPS) is 28.9. The zero-order valence-corrected chi connectivity index (χ0v) is 11.5. The molecule has 1 N–H and O–H groups in total. The van der Waals surface area contributed by atoms with Crippen LogP contribution >= 0.6 is 0 Å². The van der Waals surface area contributed by atoms with Crippen LogP contribution in [0, 0.1) is 11.8 Å². The summed E-state index contributed by atoms with van der Waals surface area (Å²) in [5, 5.41) is 2.29. The summed E-state index contributed by atoms with van der Waals surface area (Å²) in [5.41, 5.74) is 0. The SMILES string of the molecule is CCCC1C(=O)NC(=O)N(CC2CCN(C)C2)C1=O. The zero-order valence-electron chi connectivity index (χ0n) is 11.5. The molecule has 2 aliphatic rings. The second-order valence-electron chi connectivity index (χ2n) is 5.50. The maximum atomic E-state index is 12.2. The fourth-order valence-electron chi connectivity index (χ4n) is 2.81. The molecule has 2 rings (SSSR count). The fraction of sp³-hybridized carbons (Fsp3) is 0.769. The molecule has 0 aromatic rings. The van der Waals surface area contributed by atoms with Gasteiger partial charge in [0.2, 0.25) is 11.8 Å². The minimum atomic E-state index is -0.693. The first-order valence-corrected chi connectivity index (χ1v) is 6.87. The topological polar surface area (TPSA) is 69.7 Å². The van der Waals surface area contributed by atoms with Gasteiger partial charge in [0.25, 0.3) is 0 Å². The fourth-order valence-corrected chi connectivity index (χ4v) is 2.81. The Hall–Kier alpha value is -1.43.